The van der Waals surface area contributed by atoms with Crippen molar-refractivity contribution < 1.29 is 64.3 Å². The van der Waals surface area contributed by atoms with E-state index >= 15 is 0 Å². The Morgan fingerprint density at radius 3 is 2.42 bits per heavy atom. The minimum absolute atomic E-state index is 0. The molecule has 12 heavy (non-hydrogen) atoms. The molecule has 0 aromatic carbocycles. The molecule has 7 heteroatoms. The van der Waals surface area contributed by atoms with Gasteiger partial charge in [-0.1, -0.05) is 0 Å². The first-order chi connectivity index (χ1) is 4.97. The van der Waals surface area contributed by atoms with E-state index in [1.807, 2.05) is 0 Å². The number of hydrogen-bond donors (Lipinski definition) is 0. The second kappa shape index (κ2) is 4.80. The van der Waals surface area contributed by atoms with Crippen LogP contribution in [0.4, 0.5) is 12.9 Å². The van der Waals surface area contributed by atoms with Crippen LogP contribution in [-0.4, -0.2) is 16.8 Å². The zero-order valence-corrected chi connectivity index (χ0v) is 10.1. The van der Waals surface area contributed by atoms with Crippen molar-refractivity contribution in [2.75, 3.05) is 0 Å². The van der Waals surface area contributed by atoms with Crippen LogP contribution in [0.5, 0.6) is 0 Å². The molecule has 0 amide bonds. The number of aromatic nitrogens is 2. The van der Waals surface area contributed by atoms with E-state index in [-0.39, 0.29) is 51.4 Å². The Morgan fingerprint density at radius 2 is 2.08 bits per heavy atom. The maximum atomic E-state index is 11.8. The van der Waals surface area contributed by atoms with Gasteiger partial charge in [-0.15, -0.1) is 0 Å². The second-order valence-electron chi connectivity index (χ2n) is 2.39. The molecule has 1 aromatic rings. The minimum Gasteiger partial charge on any atom is -0.448 e. The predicted octanol–water partition coefficient (Wildman–Crippen LogP) is -1.42. The van der Waals surface area contributed by atoms with Gasteiger partial charge in [0.15, 0.2) is 0 Å². The smallest absolute Gasteiger partial charge is 0.448 e. The summed E-state index contributed by atoms with van der Waals surface area (Å²) in [6.45, 7) is -3.12. The Labute approximate surface area is 111 Å². The van der Waals surface area contributed by atoms with Crippen LogP contribution >= 0.6 is 0 Å². The van der Waals surface area contributed by atoms with Gasteiger partial charge in [-0.2, -0.15) is 5.10 Å². The van der Waals surface area contributed by atoms with Gasteiger partial charge >= 0.3 is 58.4 Å². The summed E-state index contributed by atoms with van der Waals surface area (Å²) in [6, 6.07) is 1.54. The summed E-state index contributed by atoms with van der Waals surface area (Å²) in [4.78, 5) is 0. The maximum absolute atomic E-state index is 11.8. The number of aryl methyl sites for hydroxylation is 1. The van der Waals surface area contributed by atoms with Gasteiger partial charge in [0.1, 0.15) is 0 Å². The zero-order valence-electron chi connectivity index (χ0n) is 6.97. The standard InChI is InChI=1S/C5H7BF3N2.K/c1-5-2-3-11(10-5)4-6(7,8)9;/h2-3H,4H2,1H3;/q-1;+1. The molecule has 1 rings (SSSR count). The van der Waals surface area contributed by atoms with Gasteiger partial charge < -0.3 is 12.9 Å². The second-order valence-corrected chi connectivity index (χ2v) is 2.39. The van der Waals surface area contributed by atoms with Crippen LogP contribution in [0, 0.1) is 6.92 Å². The molecule has 0 N–H and O–H groups in total. The third kappa shape index (κ3) is 4.66. The van der Waals surface area contributed by atoms with Crippen molar-refractivity contribution in [2.24, 2.45) is 0 Å². The van der Waals surface area contributed by atoms with Crippen LogP contribution in [0.1, 0.15) is 5.69 Å². The van der Waals surface area contributed by atoms with E-state index in [9.17, 15) is 12.9 Å². The average Bonchev–Trinajstić information content (AvgIpc) is 2.10. The fraction of sp³-hybridized carbons (Fsp3) is 0.400. The molecule has 0 atom stereocenters. The van der Waals surface area contributed by atoms with Crippen molar-refractivity contribution in [1.29, 1.82) is 0 Å². The largest absolute Gasteiger partial charge is 1.00 e. The van der Waals surface area contributed by atoms with Crippen molar-refractivity contribution in [1.82, 2.24) is 9.78 Å². The van der Waals surface area contributed by atoms with E-state index in [0.29, 0.717) is 5.69 Å². The van der Waals surface area contributed by atoms with Crippen molar-refractivity contribution in [3.05, 3.63) is 18.0 Å². The Hall–Kier alpha value is 0.701. The molecule has 0 saturated heterocycles. The van der Waals surface area contributed by atoms with E-state index in [1.54, 1.807) is 13.0 Å². The van der Waals surface area contributed by atoms with Crippen LogP contribution < -0.4 is 51.4 Å². The molecule has 0 fully saturated rings. The van der Waals surface area contributed by atoms with Gasteiger partial charge in [0.25, 0.3) is 0 Å². The molecule has 1 aromatic heterocycles. The Morgan fingerprint density at radius 1 is 1.50 bits per heavy atom. The van der Waals surface area contributed by atoms with Crippen LogP contribution in [0.15, 0.2) is 12.3 Å². The number of rotatable bonds is 2. The van der Waals surface area contributed by atoms with E-state index in [4.69, 9.17) is 0 Å². The number of nitrogens with zero attached hydrogens (tertiary/aromatic N) is 2. The van der Waals surface area contributed by atoms with Gasteiger partial charge in [-0.3, -0.25) is 4.68 Å². The Bertz CT molecular complexity index is 247. The molecular formula is C5H7BF3KN2. The molecule has 2 nitrogen and oxygen atoms in total. The first-order valence-corrected chi connectivity index (χ1v) is 3.18. The third-order valence-electron chi connectivity index (χ3n) is 1.17. The molecule has 62 valence electrons. The van der Waals surface area contributed by atoms with Gasteiger partial charge in [0.2, 0.25) is 0 Å². The van der Waals surface area contributed by atoms with Gasteiger partial charge in [0, 0.05) is 12.6 Å². The third-order valence-corrected chi connectivity index (χ3v) is 1.17. The molecule has 0 aliphatic carbocycles. The molecule has 0 aliphatic rings. The molecule has 1 heterocycles. The summed E-state index contributed by atoms with van der Waals surface area (Å²) in [5, 5.41) is 3.61. The zero-order chi connectivity index (χ0) is 8.48. The minimum atomic E-state index is -4.77. The monoisotopic (exact) mass is 202 g/mol. The van der Waals surface area contributed by atoms with E-state index in [0.717, 1.165) is 4.68 Å². The van der Waals surface area contributed by atoms with Crippen LogP contribution in [-0.2, 0) is 6.44 Å². The number of hydrogen-bond acceptors (Lipinski definition) is 1. The molecule has 0 bridgehead atoms. The fourth-order valence-electron chi connectivity index (χ4n) is 0.777. The van der Waals surface area contributed by atoms with E-state index < -0.39 is 13.4 Å². The summed E-state index contributed by atoms with van der Waals surface area (Å²) < 4.78 is 36.2. The molecule has 0 radical (unpaired) electrons. The van der Waals surface area contributed by atoms with Crippen molar-refractivity contribution >= 4 is 6.98 Å². The summed E-state index contributed by atoms with van der Waals surface area (Å²) in [7, 11) is 0. The summed E-state index contributed by atoms with van der Waals surface area (Å²) in [6.07, 6.45) is 0.373. The quantitative estimate of drug-likeness (QED) is 0.538. The van der Waals surface area contributed by atoms with E-state index in [1.165, 1.54) is 6.20 Å². The van der Waals surface area contributed by atoms with E-state index in [2.05, 4.69) is 5.10 Å². The first kappa shape index (κ1) is 12.7. The predicted molar refractivity (Wildman–Crippen MR) is 36.0 cm³/mol. The molecule has 0 spiro atoms. The fourth-order valence-corrected chi connectivity index (χ4v) is 0.777. The topological polar surface area (TPSA) is 17.8 Å². The van der Waals surface area contributed by atoms with Crippen molar-refractivity contribution in [3.63, 3.8) is 0 Å². The van der Waals surface area contributed by atoms with Crippen molar-refractivity contribution in [3.8, 4) is 0 Å². The summed E-state index contributed by atoms with van der Waals surface area (Å²) in [5.74, 6) is 0. The Kier molecular flexibility index (Phi) is 5.08. The normalized spacial score (nSPS) is 11.0. The summed E-state index contributed by atoms with van der Waals surface area (Å²) in [5.41, 5.74) is 0.602. The average molecular weight is 202 g/mol. The first-order valence-electron chi connectivity index (χ1n) is 3.18. The van der Waals surface area contributed by atoms with Gasteiger partial charge in [-0.25, -0.2) is 0 Å². The van der Waals surface area contributed by atoms with Crippen LogP contribution in [0.25, 0.3) is 0 Å². The van der Waals surface area contributed by atoms with Gasteiger partial charge in [-0.05, 0) is 13.0 Å². The molecule has 0 aliphatic heterocycles. The van der Waals surface area contributed by atoms with Crippen LogP contribution in [0.2, 0.25) is 0 Å². The Balaban J connectivity index is 0.00000121. The maximum Gasteiger partial charge on any atom is 1.00 e. The molecular weight excluding hydrogens is 195 g/mol. The molecule has 0 saturated carbocycles. The van der Waals surface area contributed by atoms with Crippen molar-refractivity contribution in [2.45, 2.75) is 13.4 Å². The number of halogens is 3. The van der Waals surface area contributed by atoms with Crippen LogP contribution in [0.3, 0.4) is 0 Å². The SMILES string of the molecule is Cc1ccn(C[B-](F)(F)F)n1.[K+]. The summed E-state index contributed by atoms with van der Waals surface area (Å²) >= 11 is 0. The van der Waals surface area contributed by atoms with Gasteiger partial charge in [0.05, 0.1) is 5.69 Å². The molecule has 0 unspecified atom stereocenters.